The molecular formula is C22H23F2N5O2. The molecule has 1 aliphatic heterocycles. The molecule has 2 atom stereocenters. The summed E-state index contributed by atoms with van der Waals surface area (Å²) in [4.78, 5) is 32.6. The molecule has 4 rings (SSSR count). The first-order chi connectivity index (χ1) is 14.7. The molecule has 7 nitrogen and oxygen atoms in total. The van der Waals surface area contributed by atoms with Crippen LogP contribution >= 0.6 is 0 Å². The molecule has 4 N–H and O–H groups in total. The Morgan fingerprint density at radius 3 is 2.71 bits per heavy atom. The van der Waals surface area contributed by atoms with Crippen molar-refractivity contribution in [3.8, 4) is 0 Å². The molecule has 0 bridgehead atoms. The monoisotopic (exact) mass is 427 g/mol. The highest BCUT2D eigenvalue weighted by Gasteiger charge is 2.61. The molecule has 1 fully saturated rings. The van der Waals surface area contributed by atoms with Gasteiger partial charge >= 0.3 is 0 Å². The molecule has 2 aromatic rings. The molecule has 0 aromatic carbocycles. The van der Waals surface area contributed by atoms with Gasteiger partial charge in [-0.15, -0.1) is 0 Å². The number of dihydropyridines is 1. The van der Waals surface area contributed by atoms with Crippen LogP contribution in [-0.4, -0.2) is 33.7 Å². The van der Waals surface area contributed by atoms with E-state index in [0.29, 0.717) is 16.5 Å². The predicted molar refractivity (Wildman–Crippen MR) is 113 cm³/mol. The molecule has 1 aliphatic carbocycles. The molecule has 1 saturated carbocycles. The maximum Gasteiger partial charge on any atom is 0.267 e. The lowest BCUT2D eigenvalue weighted by atomic mass is 9.92. The van der Waals surface area contributed by atoms with Crippen molar-refractivity contribution in [2.45, 2.75) is 45.1 Å². The van der Waals surface area contributed by atoms with Gasteiger partial charge < -0.3 is 16.4 Å². The maximum atomic E-state index is 13.1. The molecule has 2 aliphatic rings. The van der Waals surface area contributed by atoms with Crippen LogP contribution in [0.15, 0.2) is 36.2 Å². The summed E-state index contributed by atoms with van der Waals surface area (Å²) in [7, 11) is 0. The van der Waals surface area contributed by atoms with Crippen LogP contribution in [-0.2, 0) is 4.79 Å². The van der Waals surface area contributed by atoms with E-state index in [-0.39, 0.29) is 17.6 Å². The summed E-state index contributed by atoms with van der Waals surface area (Å²) in [6, 6.07) is 3.43. The van der Waals surface area contributed by atoms with Crippen molar-refractivity contribution in [3.63, 3.8) is 0 Å². The number of rotatable bonds is 6. The lowest BCUT2D eigenvalue weighted by molar-refractivity contribution is -0.119. The highest BCUT2D eigenvalue weighted by molar-refractivity contribution is 6.02. The highest BCUT2D eigenvalue weighted by Crippen LogP contribution is 2.49. The van der Waals surface area contributed by atoms with Gasteiger partial charge in [0.2, 0.25) is 5.91 Å². The number of halogens is 2. The first-order valence-corrected chi connectivity index (χ1v) is 10.1. The summed E-state index contributed by atoms with van der Waals surface area (Å²) >= 11 is 0. The summed E-state index contributed by atoms with van der Waals surface area (Å²) in [6.45, 7) is 4.08. The fraction of sp³-hybridized carbons (Fsp3) is 0.364. The van der Waals surface area contributed by atoms with Crippen LogP contribution in [0.3, 0.4) is 0 Å². The van der Waals surface area contributed by atoms with Gasteiger partial charge in [0.1, 0.15) is 17.4 Å². The molecule has 2 aromatic heterocycles. The number of nitrogens with two attached hydrogens (primary N) is 1. The Morgan fingerprint density at radius 1 is 1.35 bits per heavy atom. The summed E-state index contributed by atoms with van der Waals surface area (Å²) in [5.74, 6) is -5.69. The normalized spacial score (nSPS) is 21.7. The van der Waals surface area contributed by atoms with Gasteiger partial charge in [0.25, 0.3) is 11.8 Å². The molecule has 0 spiro atoms. The van der Waals surface area contributed by atoms with E-state index in [1.807, 2.05) is 13.1 Å². The second-order valence-electron chi connectivity index (χ2n) is 7.99. The van der Waals surface area contributed by atoms with E-state index >= 15 is 0 Å². The molecule has 3 heterocycles. The number of amides is 2. The minimum Gasteiger partial charge on any atom is -0.384 e. The van der Waals surface area contributed by atoms with Crippen molar-refractivity contribution in [2.24, 2.45) is 11.7 Å². The minimum atomic E-state index is -2.96. The van der Waals surface area contributed by atoms with E-state index in [4.69, 9.17) is 5.73 Å². The van der Waals surface area contributed by atoms with Gasteiger partial charge in [0.15, 0.2) is 0 Å². The quantitative estimate of drug-likeness (QED) is 0.655. The Labute approximate surface area is 177 Å². The van der Waals surface area contributed by atoms with Crippen molar-refractivity contribution in [2.75, 3.05) is 5.32 Å². The average Bonchev–Trinajstić information content (AvgIpc) is 3.36. The van der Waals surface area contributed by atoms with E-state index < -0.39 is 30.1 Å². The molecule has 0 saturated heterocycles. The number of hydrogen-bond acceptors (Lipinski definition) is 5. The second kappa shape index (κ2) is 7.72. The first-order valence-electron chi connectivity index (χ1n) is 10.1. The Balaban J connectivity index is 1.67. The van der Waals surface area contributed by atoms with Gasteiger partial charge in [-0.3, -0.25) is 9.59 Å². The fourth-order valence-electron chi connectivity index (χ4n) is 3.75. The number of allylic oxidation sites excluding steroid dienone is 2. The number of nitrogens with one attached hydrogen (secondary N) is 2. The summed E-state index contributed by atoms with van der Waals surface area (Å²) in [5.41, 5.74) is 8.44. The lowest BCUT2D eigenvalue weighted by Gasteiger charge is -2.23. The zero-order valence-electron chi connectivity index (χ0n) is 17.2. The number of nitrogens with zero attached hydrogens (tertiary/aromatic N) is 2. The van der Waals surface area contributed by atoms with Crippen LogP contribution in [0.2, 0.25) is 0 Å². The van der Waals surface area contributed by atoms with Gasteiger partial charge in [-0.1, -0.05) is 19.4 Å². The molecule has 162 valence electrons. The third-order valence-electron chi connectivity index (χ3n) is 5.53. The number of alkyl halides is 2. The number of carbonyl (C=O) groups excluding carboxylic acids is 2. The largest absolute Gasteiger partial charge is 0.384 e. The minimum absolute atomic E-state index is 0.0828. The molecule has 31 heavy (non-hydrogen) atoms. The zero-order valence-corrected chi connectivity index (χ0v) is 17.2. The molecule has 0 radical (unpaired) electrons. The Morgan fingerprint density at radius 2 is 2.10 bits per heavy atom. The van der Waals surface area contributed by atoms with Crippen LogP contribution in [0.4, 0.5) is 14.6 Å². The highest BCUT2D eigenvalue weighted by atomic mass is 19.3. The van der Waals surface area contributed by atoms with Crippen LogP contribution < -0.4 is 16.4 Å². The van der Waals surface area contributed by atoms with E-state index in [2.05, 4.69) is 33.6 Å². The standard InChI is InChI=1S/C22H23F2N5O2/c1-3-4-13-5-11(2)15(10-26-13)14-6-12-9-27-18(7-17(12)28-19(14)20(25)30)29-21(31)16-8-22(16,23)24/h5-7,9-10,13,16,26H,3-4,8H2,1-2H3,(H2,25,30)(H,27,29,31). The maximum absolute atomic E-state index is 13.1. The zero-order chi connectivity index (χ0) is 22.3. The number of primary amides is 1. The SMILES string of the molecule is CCCC1C=C(C)C(c2cc3cnc(NC(=O)C4CC4(F)F)cc3nc2C(N)=O)=CN1. The smallest absolute Gasteiger partial charge is 0.267 e. The first kappa shape index (κ1) is 20.9. The second-order valence-corrected chi connectivity index (χ2v) is 7.99. The van der Waals surface area contributed by atoms with Gasteiger partial charge in [-0.2, -0.15) is 0 Å². The molecule has 2 amide bonds. The fourth-order valence-corrected chi connectivity index (χ4v) is 3.75. The number of anilines is 1. The lowest BCUT2D eigenvalue weighted by Crippen LogP contribution is -2.26. The van der Waals surface area contributed by atoms with Gasteiger partial charge in [0, 0.05) is 47.4 Å². The summed E-state index contributed by atoms with van der Waals surface area (Å²) in [6.07, 6.45) is 7.02. The topological polar surface area (TPSA) is 110 Å². The summed E-state index contributed by atoms with van der Waals surface area (Å²) in [5, 5.41) is 6.33. The number of aromatic nitrogens is 2. The average molecular weight is 427 g/mol. The van der Waals surface area contributed by atoms with E-state index in [9.17, 15) is 18.4 Å². The third kappa shape index (κ3) is 4.12. The molecule has 9 heteroatoms. The number of carbonyl (C=O) groups is 2. The van der Waals surface area contributed by atoms with Gasteiger partial charge in [0.05, 0.1) is 5.52 Å². The number of pyridine rings is 2. The van der Waals surface area contributed by atoms with Crippen LogP contribution in [0.1, 0.15) is 49.2 Å². The van der Waals surface area contributed by atoms with Crippen LogP contribution in [0.25, 0.3) is 16.5 Å². The Hall–Kier alpha value is -3.36. The Bertz CT molecular complexity index is 1140. The molecular weight excluding hydrogens is 404 g/mol. The van der Waals surface area contributed by atoms with Crippen molar-refractivity contribution in [3.05, 3.63) is 47.4 Å². The van der Waals surface area contributed by atoms with Crippen molar-refractivity contribution < 1.29 is 18.4 Å². The van der Waals surface area contributed by atoms with Crippen molar-refractivity contribution in [1.29, 1.82) is 0 Å². The third-order valence-corrected chi connectivity index (χ3v) is 5.53. The number of hydrogen-bond donors (Lipinski definition) is 3. The Kier molecular flexibility index (Phi) is 5.20. The van der Waals surface area contributed by atoms with Gasteiger partial charge in [-0.25, -0.2) is 18.7 Å². The summed E-state index contributed by atoms with van der Waals surface area (Å²) < 4.78 is 26.2. The van der Waals surface area contributed by atoms with Crippen LogP contribution in [0.5, 0.6) is 0 Å². The number of fused-ring (bicyclic) bond motifs is 1. The van der Waals surface area contributed by atoms with Gasteiger partial charge in [-0.05, 0) is 25.0 Å². The molecule has 2 unspecified atom stereocenters. The van der Waals surface area contributed by atoms with Crippen LogP contribution in [0, 0.1) is 5.92 Å². The van der Waals surface area contributed by atoms with E-state index in [1.165, 1.54) is 12.3 Å². The van der Waals surface area contributed by atoms with Crippen molar-refractivity contribution in [1.82, 2.24) is 15.3 Å². The van der Waals surface area contributed by atoms with Crippen molar-refractivity contribution >= 4 is 34.1 Å². The van der Waals surface area contributed by atoms with E-state index in [1.54, 1.807) is 6.07 Å². The van der Waals surface area contributed by atoms with E-state index in [0.717, 1.165) is 24.0 Å². The predicted octanol–water partition coefficient (Wildman–Crippen LogP) is 3.38.